The summed E-state index contributed by atoms with van der Waals surface area (Å²) in [5, 5.41) is 3.67. The van der Waals surface area contributed by atoms with Crippen molar-refractivity contribution in [1.82, 2.24) is 9.88 Å². The summed E-state index contributed by atoms with van der Waals surface area (Å²) in [5.41, 5.74) is 1.63. The number of aromatic nitrogens is 1. The number of nitrogens with one attached hydrogen (secondary N) is 1. The molecular weight excluding hydrogens is 449 g/mol. The molecule has 1 aliphatic rings. The van der Waals surface area contributed by atoms with Gasteiger partial charge in [0.25, 0.3) is 0 Å². The average Bonchev–Trinajstić information content (AvgIpc) is 3.14. The highest BCUT2D eigenvalue weighted by molar-refractivity contribution is 7.89. The molecule has 1 saturated heterocycles. The number of hydrogen-bond donors (Lipinski definition) is 1. The van der Waals surface area contributed by atoms with E-state index in [9.17, 15) is 13.2 Å². The number of carbonyl (C=O) groups excluding carboxylic acids is 1. The number of hydrogen-bond acceptors (Lipinski definition) is 6. The zero-order chi connectivity index (χ0) is 23.8. The molecule has 0 bridgehead atoms. The molecular formula is C23H24FN3O5S. The predicted octanol–water partition coefficient (Wildman–Crippen LogP) is 3.58. The Hall–Kier alpha value is -3.24. The maximum Gasteiger partial charge on any atom is 0.246 e. The molecule has 1 unspecified atom stereocenters. The highest BCUT2D eigenvalue weighted by atomic mass is 32.2. The number of aryl methyl sites for hydroxylation is 2. The van der Waals surface area contributed by atoms with Gasteiger partial charge in [0.15, 0.2) is 5.76 Å². The number of benzene rings is 2. The second kappa shape index (κ2) is 8.95. The Labute approximate surface area is 191 Å². The van der Waals surface area contributed by atoms with Gasteiger partial charge in [-0.15, -0.1) is 0 Å². The van der Waals surface area contributed by atoms with Gasteiger partial charge in [-0.1, -0.05) is 29.4 Å². The van der Waals surface area contributed by atoms with Crippen LogP contribution in [0.4, 0.5) is 10.1 Å². The van der Waals surface area contributed by atoms with Crippen LogP contribution >= 0.6 is 0 Å². The van der Waals surface area contributed by atoms with Gasteiger partial charge < -0.3 is 14.2 Å². The first kappa shape index (κ1) is 22.9. The molecule has 3 aromatic rings. The quantitative estimate of drug-likeness (QED) is 0.587. The standard InChI is InChI=1S/C23H24FN3O5S/c1-14-22(15(2)32-25-14)33(29,30)26-19-8-6-12-27(23(19)28)20-11-10-16(13-18(20)24)17-7-4-5-9-21(17)31-3/h4-5,7,9-11,13,19,26H,6,8,12H2,1-3H3. The van der Waals surface area contributed by atoms with Gasteiger partial charge in [-0.25, -0.2) is 12.8 Å². The summed E-state index contributed by atoms with van der Waals surface area (Å²) < 4.78 is 53.6. The molecule has 8 nitrogen and oxygen atoms in total. The number of ether oxygens (including phenoxy) is 1. The lowest BCUT2D eigenvalue weighted by atomic mass is 10.0. The topological polar surface area (TPSA) is 102 Å². The van der Waals surface area contributed by atoms with E-state index in [-0.39, 0.29) is 28.6 Å². The van der Waals surface area contributed by atoms with Crippen molar-refractivity contribution in [3.63, 3.8) is 0 Å². The lowest BCUT2D eigenvalue weighted by molar-refractivity contribution is -0.121. The van der Waals surface area contributed by atoms with Crippen molar-refractivity contribution >= 4 is 21.6 Å². The van der Waals surface area contributed by atoms with Crippen LogP contribution in [-0.2, 0) is 14.8 Å². The molecule has 0 spiro atoms. The summed E-state index contributed by atoms with van der Waals surface area (Å²) in [6.45, 7) is 3.29. The third-order valence-electron chi connectivity index (χ3n) is 5.63. The molecule has 2 heterocycles. The summed E-state index contributed by atoms with van der Waals surface area (Å²) in [7, 11) is -2.50. The molecule has 1 fully saturated rings. The number of methoxy groups -OCH3 is 1. The van der Waals surface area contributed by atoms with E-state index in [0.29, 0.717) is 24.2 Å². The normalized spacial score (nSPS) is 16.8. The SMILES string of the molecule is COc1ccccc1-c1ccc(N2CCCC(NS(=O)(=O)c3c(C)noc3C)C2=O)c(F)c1. The molecule has 1 aromatic heterocycles. The van der Waals surface area contributed by atoms with Crippen LogP contribution in [0.2, 0.25) is 0 Å². The Bertz CT molecular complexity index is 1290. The van der Waals surface area contributed by atoms with Crippen LogP contribution in [0.5, 0.6) is 5.75 Å². The van der Waals surface area contributed by atoms with E-state index in [1.165, 1.54) is 30.9 Å². The second-order valence-electron chi connectivity index (χ2n) is 7.83. The van der Waals surface area contributed by atoms with Gasteiger partial charge in [-0.05, 0) is 50.5 Å². The number of para-hydroxylation sites is 1. The minimum atomic E-state index is -4.04. The van der Waals surface area contributed by atoms with Crippen molar-refractivity contribution < 1.29 is 26.9 Å². The van der Waals surface area contributed by atoms with Gasteiger partial charge in [0.1, 0.15) is 28.2 Å². The number of anilines is 1. The first-order valence-electron chi connectivity index (χ1n) is 10.4. The highest BCUT2D eigenvalue weighted by Gasteiger charge is 2.36. The number of piperidine rings is 1. The molecule has 4 rings (SSSR count). The van der Waals surface area contributed by atoms with Crippen LogP contribution < -0.4 is 14.4 Å². The summed E-state index contributed by atoms with van der Waals surface area (Å²) in [4.78, 5) is 14.3. The molecule has 1 aliphatic heterocycles. The van der Waals surface area contributed by atoms with E-state index in [1.807, 2.05) is 18.2 Å². The molecule has 10 heteroatoms. The molecule has 0 radical (unpaired) electrons. The van der Waals surface area contributed by atoms with Gasteiger partial charge in [0.2, 0.25) is 15.9 Å². The lowest BCUT2D eigenvalue weighted by Gasteiger charge is -2.32. The third-order valence-corrected chi connectivity index (χ3v) is 7.34. The van der Waals surface area contributed by atoms with Gasteiger partial charge in [-0.3, -0.25) is 4.79 Å². The van der Waals surface area contributed by atoms with Crippen molar-refractivity contribution in [1.29, 1.82) is 0 Å². The van der Waals surface area contributed by atoms with Crippen LogP contribution in [0.1, 0.15) is 24.3 Å². The fourth-order valence-corrected chi connectivity index (χ4v) is 5.66. The fourth-order valence-electron chi connectivity index (χ4n) is 4.10. The maximum atomic E-state index is 15.1. The van der Waals surface area contributed by atoms with Gasteiger partial charge in [-0.2, -0.15) is 4.72 Å². The minimum Gasteiger partial charge on any atom is -0.496 e. The molecule has 33 heavy (non-hydrogen) atoms. The molecule has 0 saturated carbocycles. The van der Waals surface area contributed by atoms with Crippen LogP contribution in [0.25, 0.3) is 11.1 Å². The largest absolute Gasteiger partial charge is 0.496 e. The van der Waals surface area contributed by atoms with Crippen LogP contribution in [0, 0.1) is 19.7 Å². The van der Waals surface area contributed by atoms with E-state index < -0.39 is 27.8 Å². The third kappa shape index (κ3) is 4.36. The Morgan fingerprint density at radius 3 is 2.64 bits per heavy atom. The molecule has 2 aromatic carbocycles. The minimum absolute atomic E-state index is 0.0836. The smallest absolute Gasteiger partial charge is 0.246 e. The monoisotopic (exact) mass is 473 g/mol. The van der Waals surface area contributed by atoms with Crippen molar-refractivity contribution in [2.75, 3.05) is 18.6 Å². The zero-order valence-electron chi connectivity index (χ0n) is 18.5. The van der Waals surface area contributed by atoms with Crippen molar-refractivity contribution in [3.05, 3.63) is 59.7 Å². The van der Waals surface area contributed by atoms with Gasteiger partial charge in [0, 0.05) is 12.1 Å². The Morgan fingerprint density at radius 2 is 1.97 bits per heavy atom. The molecule has 174 valence electrons. The maximum absolute atomic E-state index is 15.1. The second-order valence-corrected chi connectivity index (χ2v) is 9.48. The number of halogens is 1. The predicted molar refractivity (Wildman–Crippen MR) is 120 cm³/mol. The van der Waals surface area contributed by atoms with Crippen molar-refractivity contribution in [3.8, 4) is 16.9 Å². The summed E-state index contributed by atoms with van der Waals surface area (Å²) in [6, 6.07) is 10.8. The Kier molecular flexibility index (Phi) is 6.22. The van der Waals surface area contributed by atoms with Crippen LogP contribution in [-0.4, -0.2) is 39.2 Å². The number of sulfonamides is 1. The highest BCUT2D eigenvalue weighted by Crippen LogP contribution is 2.33. The van der Waals surface area contributed by atoms with Crippen molar-refractivity contribution in [2.24, 2.45) is 0 Å². The average molecular weight is 474 g/mol. The Morgan fingerprint density at radius 1 is 1.21 bits per heavy atom. The first-order chi connectivity index (χ1) is 15.7. The number of carbonyl (C=O) groups is 1. The van der Waals surface area contributed by atoms with E-state index >= 15 is 4.39 Å². The van der Waals surface area contributed by atoms with Gasteiger partial charge in [0.05, 0.1) is 12.8 Å². The van der Waals surface area contributed by atoms with Gasteiger partial charge >= 0.3 is 0 Å². The summed E-state index contributed by atoms with van der Waals surface area (Å²) >= 11 is 0. The first-order valence-corrected chi connectivity index (χ1v) is 11.9. The molecule has 1 N–H and O–H groups in total. The molecule has 0 aliphatic carbocycles. The van der Waals surface area contributed by atoms with E-state index in [4.69, 9.17) is 9.26 Å². The number of rotatable bonds is 6. The lowest BCUT2D eigenvalue weighted by Crippen LogP contribution is -2.52. The van der Waals surface area contributed by atoms with E-state index in [1.54, 1.807) is 19.2 Å². The summed E-state index contributed by atoms with van der Waals surface area (Å²) in [5.74, 6) is -0.355. The Balaban J connectivity index is 1.59. The van der Waals surface area contributed by atoms with Crippen LogP contribution in [0.3, 0.4) is 0 Å². The van der Waals surface area contributed by atoms with E-state index in [0.717, 1.165) is 5.56 Å². The van der Waals surface area contributed by atoms with Crippen molar-refractivity contribution in [2.45, 2.75) is 37.6 Å². The van der Waals surface area contributed by atoms with Crippen LogP contribution in [0.15, 0.2) is 51.9 Å². The molecule has 1 amide bonds. The summed E-state index contributed by atoms with van der Waals surface area (Å²) in [6.07, 6.45) is 0.813. The fraction of sp³-hybridized carbons (Fsp3) is 0.304. The zero-order valence-corrected chi connectivity index (χ0v) is 19.3. The number of amides is 1. The molecule has 1 atom stereocenters. The van der Waals surface area contributed by atoms with E-state index in [2.05, 4.69) is 9.88 Å². The number of nitrogens with zero attached hydrogens (tertiary/aromatic N) is 2.